The fraction of sp³-hybridized carbons (Fsp3) is 0.100. The molecule has 0 aliphatic heterocycles. The SMILES string of the molecule is N#C/C(=C/NCCc1c[nH]c2ccccc12)C(=O)Nc1ccc(S(=O)(=O)O)cc1. The van der Waals surface area contributed by atoms with Crippen molar-refractivity contribution in [2.45, 2.75) is 11.3 Å². The first-order valence-electron chi connectivity index (χ1n) is 8.66. The molecule has 2 aromatic carbocycles. The number of carbonyl (C=O) groups excluding carboxylic acids is 1. The maximum absolute atomic E-state index is 12.2. The number of hydrogen-bond donors (Lipinski definition) is 4. The van der Waals surface area contributed by atoms with E-state index >= 15 is 0 Å². The molecule has 0 saturated heterocycles. The predicted molar refractivity (Wildman–Crippen MR) is 109 cm³/mol. The largest absolute Gasteiger partial charge is 0.389 e. The Bertz CT molecular complexity index is 1210. The number of anilines is 1. The Kier molecular flexibility index (Phi) is 5.97. The topological polar surface area (TPSA) is 135 Å². The number of nitrogens with one attached hydrogen (secondary N) is 3. The number of aromatic nitrogens is 1. The lowest BCUT2D eigenvalue weighted by atomic mass is 10.1. The van der Waals surface area contributed by atoms with Crippen molar-refractivity contribution >= 4 is 32.6 Å². The third-order valence-electron chi connectivity index (χ3n) is 4.24. The van der Waals surface area contributed by atoms with Crippen LogP contribution in [0.15, 0.2) is 71.4 Å². The molecule has 29 heavy (non-hydrogen) atoms. The van der Waals surface area contributed by atoms with Gasteiger partial charge in [0.1, 0.15) is 11.6 Å². The number of para-hydroxylation sites is 1. The zero-order valence-electron chi connectivity index (χ0n) is 15.2. The van der Waals surface area contributed by atoms with Gasteiger partial charge in [-0.3, -0.25) is 9.35 Å². The highest BCUT2D eigenvalue weighted by Gasteiger charge is 2.12. The predicted octanol–water partition coefficient (Wildman–Crippen LogP) is 2.59. The Morgan fingerprint density at radius 3 is 2.59 bits per heavy atom. The van der Waals surface area contributed by atoms with Crippen molar-refractivity contribution in [2.24, 2.45) is 0 Å². The second kappa shape index (κ2) is 8.60. The van der Waals surface area contributed by atoms with E-state index in [1.807, 2.05) is 36.5 Å². The molecule has 0 radical (unpaired) electrons. The summed E-state index contributed by atoms with van der Waals surface area (Å²) in [7, 11) is -4.31. The molecule has 0 fully saturated rings. The Hall–Kier alpha value is -3.61. The van der Waals surface area contributed by atoms with E-state index in [0.29, 0.717) is 18.7 Å². The quantitative estimate of drug-likeness (QED) is 0.205. The van der Waals surface area contributed by atoms with E-state index in [4.69, 9.17) is 4.55 Å². The van der Waals surface area contributed by atoms with Gasteiger partial charge >= 0.3 is 0 Å². The Morgan fingerprint density at radius 2 is 1.90 bits per heavy atom. The molecule has 0 aliphatic carbocycles. The number of rotatable bonds is 7. The maximum Gasteiger partial charge on any atom is 0.294 e. The van der Waals surface area contributed by atoms with Crippen molar-refractivity contribution in [3.05, 3.63) is 72.1 Å². The van der Waals surface area contributed by atoms with Crippen molar-refractivity contribution in [2.75, 3.05) is 11.9 Å². The van der Waals surface area contributed by atoms with Crippen molar-refractivity contribution in [3.8, 4) is 6.07 Å². The van der Waals surface area contributed by atoms with Gasteiger partial charge in [-0.2, -0.15) is 13.7 Å². The van der Waals surface area contributed by atoms with Gasteiger partial charge < -0.3 is 15.6 Å². The van der Waals surface area contributed by atoms with Crippen LogP contribution >= 0.6 is 0 Å². The highest BCUT2D eigenvalue weighted by Crippen LogP contribution is 2.18. The summed E-state index contributed by atoms with van der Waals surface area (Å²) in [5.41, 5.74) is 2.35. The second-order valence-electron chi connectivity index (χ2n) is 6.19. The van der Waals surface area contributed by atoms with Crippen molar-refractivity contribution in [1.82, 2.24) is 10.3 Å². The van der Waals surface area contributed by atoms with Crippen LogP contribution in [0.3, 0.4) is 0 Å². The normalized spacial score (nSPS) is 11.8. The molecule has 0 aliphatic rings. The van der Waals surface area contributed by atoms with E-state index < -0.39 is 16.0 Å². The number of amides is 1. The lowest BCUT2D eigenvalue weighted by molar-refractivity contribution is -0.112. The fourth-order valence-electron chi connectivity index (χ4n) is 2.78. The molecule has 9 heteroatoms. The number of nitrogens with zero attached hydrogens (tertiary/aromatic N) is 1. The maximum atomic E-state index is 12.2. The Morgan fingerprint density at radius 1 is 1.17 bits per heavy atom. The van der Waals surface area contributed by atoms with Crippen molar-refractivity contribution in [1.29, 1.82) is 5.26 Å². The van der Waals surface area contributed by atoms with E-state index in [1.165, 1.54) is 18.3 Å². The average Bonchev–Trinajstić information content (AvgIpc) is 3.11. The number of H-pyrrole nitrogens is 1. The summed E-state index contributed by atoms with van der Waals surface area (Å²) in [5.74, 6) is -0.633. The minimum absolute atomic E-state index is 0.122. The number of nitriles is 1. The third-order valence-corrected chi connectivity index (χ3v) is 5.10. The fourth-order valence-corrected chi connectivity index (χ4v) is 3.26. The Balaban J connectivity index is 1.58. The molecule has 1 amide bonds. The molecular weight excluding hydrogens is 392 g/mol. The van der Waals surface area contributed by atoms with Gasteiger partial charge in [-0.05, 0) is 42.3 Å². The highest BCUT2D eigenvalue weighted by atomic mass is 32.2. The van der Waals surface area contributed by atoms with Gasteiger partial charge in [-0.25, -0.2) is 0 Å². The summed E-state index contributed by atoms with van der Waals surface area (Å²) >= 11 is 0. The van der Waals surface area contributed by atoms with E-state index in [9.17, 15) is 18.5 Å². The van der Waals surface area contributed by atoms with E-state index in [1.54, 1.807) is 0 Å². The number of benzene rings is 2. The smallest absolute Gasteiger partial charge is 0.294 e. The lowest BCUT2D eigenvalue weighted by Gasteiger charge is -2.06. The molecule has 3 aromatic rings. The van der Waals surface area contributed by atoms with Gasteiger partial charge in [-0.15, -0.1) is 0 Å². The molecule has 1 heterocycles. The molecule has 3 rings (SSSR count). The first-order valence-corrected chi connectivity index (χ1v) is 10.1. The van der Waals surface area contributed by atoms with Crippen molar-refractivity contribution in [3.63, 3.8) is 0 Å². The van der Waals surface area contributed by atoms with Crippen LogP contribution < -0.4 is 10.6 Å². The van der Waals surface area contributed by atoms with Crippen LogP contribution in [0.5, 0.6) is 0 Å². The summed E-state index contributed by atoms with van der Waals surface area (Å²) in [6, 6.07) is 14.7. The summed E-state index contributed by atoms with van der Waals surface area (Å²) in [6.07, 6.45) is 3.99. The monoisotopic (exact) mass is 410 g/mol. The standard InChI is InChI=1S/C20H18N4O4S/c21-11-15(20(25)24-16-5-7-17(8-6-16)29(26,27)28)12-22-10-9-14-13-23-19-4-2-1-3-18(14)19/h1-8,12-13,22-23H,9-10H2,(H,24,25)(H,26,27,28)/b15-12-. The number of carbonyl (C=O) groups is 1. The average molecular weight is 410 g/mol. The van der Waals surface area contributed by atoms with Gasteiger partial charge in [0.25, 0.3) is 16.0 Å². The van der Waals surface area contributed by atoms with Crippen LogP contribution in [0.25, 0.3) is 10.9 Å². The van der Waals surface area contributed by atoms with E-state index in [2.05, 4.69) is 15.6 Å². The molecule has 148 valence electrons. The second-order valence-corrected chi connectivity index (χ2v) is 7.61. The molecule has 1 aromatic heterocycles. The molecular formula is C20H18N4O4S. The number of fused-ring (bicyclic) bond motifs is 1. The van der Waals surface area contributed by atoms with Crippen LogP contribution in [0.1, 0.15) is 5.56 Å². The van der Waals surface area contributed by atoms with Crippen molar-refractivity contribution < 1.29 is 17.8 Å². The van der Waals surface area contributed by atoms with Gasteiger partial charge in [-0.1, -0.05) is 18.2 Å². The zero-order chi connectivity index (χ0) is 20.9. The lowest BCUT2D eigenvalue weighted by Crippen LogP contribution is -2.18. The van der Waals surface area contributed by atoms with E-state index in [-0.39, 0.29) is 10.5 Å². The molecule has 0 atom stereocenters. The van der Waals surface area contributed by atoms with Crippen LogP contribution in [0, 0.1) is 11.3 Å². The highest BCUT2D eigenvalue weighted by molar-refractivity contribution is 7.85. The zero-order valence-corrected chi connectivity index (χ0v) is 16.0. The first kappa shape index (κ1) is 20.1. The Labute approximate surface area is 167 Å². The summed E-state index contributed by atoms with van der Waals surface area (Å²) < 4.78 is 31.0. The van der Waals surface area contributed by atoms with Crippen LogP contribution in [-0.4, -0.2) is 30.4 Å². The van der Waals surface area contributed by atoms with Crippen LogP contribution in [-0.2, 0) is 21.3 Å². The molecule has 0 unspecified atom stereocenters. The van der Waals surface area contributed by atoms with Gasteiger partial charge in [0.2, 0.25) is 0 Å². The van der Waals surface area contributed by atoms with Crippen LogP contribution in [0.2, 0.25) is 0 Å². The summed E-state index contributed by atoms with van der Waals surface area (Å²) in [6.45, 7) is 0.531. The third kappa shape index (κ3) is 5.01. The molecule has 0 spiro atoms. The number of hydrogen-bond acceptors (Lipinski definition) is 5. The molecule has 8 nitrogen and oxygen atoms in total. The summed E-state index contributed by atoms with van der Waals surface area (Å²) in [5, 5.41) is 15.8. The first-order chi connectivity index (χ1) is 13.9. The summed E-state index contributed by atoms with van der Waals surface area (Å²) in [4.78, 5) is 15.1. The van der Waals surface area contributed by atoms with E-state index in [0.717, 1.165) is 28.6 Å². The molecule has 4 N–H and O–H groups in total. The minimum Gasteiger partial charge on any atom is -0.389 e. The number of aromatic amines is 1. The minimum atomic E-state index is -4.31. The molecule has 0 bridgehead atoms. The van der Waals surface area contributed by atoms with Crippen LogP contribution in [0.4, 0.5) is 5.69 Å². The van der Waals surface area contributed by atoms with Gasteiger partial charge in [0.15, 0.2) is 0 Å². The van der Waals surface area contributed by atoms with Gasteiger partial charge in [0, 0.05) is 35.5 Å². The van der Waals surface area contributed by atoms with Gasteiger partial charge in [0.05, 0.1) is 4.90 Å². The molecule has 0 saturated carbocycles.